The van der Waals surface area contributed by atoms with E-state index in [2.05, 4.69) is 10.1 Å². The Balaban J connectivity index is 2.11. The predicted octanol–water partition coefficient (Wildman–Crippen LogP) is -0.569. The van der Waals surface area contributed by atoms with Crippen LogP contribution in [0, 0.1) is 10.1 Å². The van der Waals surface area contributed by atoms with Crippen molar-refractivity contribution in [2.75, 3.05) is 0 Å². The Labute approximate surface area is 99.5 Å². The van der Waals surface area contributed by atoms with Gasteiger partial charge in [-0.3, -0.25) is 10.2 Å². The maximum atomic E-state index is 11.2. The van der Waals surface area contributed by atoms with Gasteiger partial charge < -0.3 is 14.5 Å². The molecule has 0 bridgehead atoms. The number of nitrogens with one attached hydrogen (secondary N) is 1. The number of amides is 1. The van der Waals surface area contributed by atoms with Gasteiger partial charge in [0.15, 0.2) is 0 Å². The molecule has 0 aromatic carbocycles. The van der Waals surface area contributed by atoms with Gasteiger partial charge in [-0.2, -0.15) is 4.68 Å². The molecule has 0 fully saturated rings. The average Bonchev–Trinajstić information content (AvgIpc) is 2.98. The molecule has 0 aliphatic carbocycles. The van der Waals surface area contributed by atoms with E-state index in [9.17, 15) is 14.9 Å². The van der Waals surface area contributed by atoms with Gasteiger partial charge in [0.2, 0.25) is 6.33 Å². The number of hydrogen-bond acceptors (Lipinski definition) is 7. The zero-order chi connectivity index (χ0) is 13.1. The number of nitrogens with two attached hydrogens (primary N) is 1. The number of rotatable bonds is 4. The zero-order valence-corrected chi connectivity index (χ0v) is 8.94. The summed E-state index contributed by atoms with van der Waals surface area (Å²) in [6, 6.07) is 1.45. The standard InChI is InChI=1S/C8H8N6O4/c9-11-7(15)5-1-6(18-3-5)2-13-4-10-8(12-13)14(16)17/h1,3-4H,2,9H2,(H,11,15). The molecule has 2 heterocycles. The summed E-state index contributed by atoms with van der Waals surface area (Å²) in [6.45, 7) is 0.124. The summed E-state index contributed by atoms with van der Waals surface area (Å²) in [6.07, 6.45) is 2.42. The normalized spacial score (nSPS) is 10.3. The summed E-state index contributed by atoms with van der Waals surface area (Å²) in [5, 5.41) is 14.0. The summed E-state index contributed by atoms with van der Waals surface area (Å²) >= 11 is 0. The predicted molar refractivity (Wildman–Crippen MR) is 56.1 cm³/mol. The third-order valence-corrected chi connectivity index (χ3v) is 2.05. The minimum atomic E-state index is -0.702. The Kier molecular flexibility index (Phi) is 3.02. The minimum absolute atomic E-state index is 0.124. The molecule has 1 amide bonds. The molecule has 2 aromatic rings. The van der Waals surface area contributed by atoms with Crippen LogP contribution in [0.4, 0.5) is 5.95 Å². The number of furan rings is 1. The summed E-state index contributed by atoms with van der Waals surface area (Å²) in [7, 11) is 0. The van der Waals surface area contributed by atoms with Crippen LogP contribution in [0.3, 0.4) is 0 Å². The second-order valence-corrected chi connectivity index (χ2v) is 3.27. The van der Waals surface area contributed by atoms with Crippen LogP contribution in [-0.2, 0) is 6.54 Å². The fourth-order valence-electron chi connectivity index (χ4n) is 1.27. The van der Waals surface area contributed by atoms with Gasteiger partial charge >= 0.3 is 5.95 Å². The molecule has 10 nitrogen and oxygen atoms in total. The van der Waals surface area contributed by atoms with E-state index in [0.717, 1.165) is 0 Å². The quantitative estimate of drug-likeness (QED) is 0.321. The summed E-state index contributed by atoms with van der Waals surface area (Å²) < 4.78 is 6.31. The Morgan fingerprint density at radius 2 is 2.44 bits per heavy atom. The Hall–Kier alpha value is -2.75. The van der Waals surface area contributed by atoms with Gasteiger partial charge in [0.1, 0.15) is 18.6 Å². The first-order valence-corrected chi connectivity index (χ1v) is 4.72. The van der Waals surface area contributed by atoms with E-state index in [1.807, 2.05) is 5.43 Å². The van der Waals surface area contributed by atoms with Crippen molar-refractivity contribution < 1.29 is 14.1 Å². The van der Waals surface area contributed by atoms with E-state index in [-0.39, 0.29) is 12.1 Å². The fourth-order valence-corrected chi connectivity index (χ4v) is 1.27. The van der Waals surface area contributed by atoms with Gasteiger partial charge in [0.05, 0.1) is 5.56 Å². The zero-order valence-electron chi connectivity index (χ0n) is 8.94. The molecule has 94 valence electrons. The van der Waals surface area contributed by atoms with Crippen molar-refractivity contribution in [3.63, 3.8) is 0 Å². The maximum absolute atomic E-state index is 11.2. The second kappa shape index (κ2) is 4.63. The third-order valence-electron chi connectivity index (χ3n) is 2.05. The van der Waals surface area contributed by atoms with Crippen molar-refractivity contribution >= 4 is 11.9 Å². The highest BCUT2D eigenvalue weighted by atomic mass is 16.6. The largest absolute Gasteiger partial charge is 0.490 e. The minimum Gasteiger partial charge on any atom is -0.466 e. The van der Waals surface area contributed by atoms with Crippen molar-refractivity contribution in [1.29, 1.82) is 0 Å². The molecule has 0 saturated carbocycles. The van der Waals surface area contributed by atoms with E-state index < -0.39 is 16.8 Å². The molecule has 2 aromatic heterocycles. The number of nitrogens with zero attached hydrogens (tertiary/aromatic N) is 4. The highest BCUT2D eigenvalue weighted by Crippen LogP contribution is 2.10. The highest BCUT2D eigenvalue weighted by Gasteiger charge is 2.15. The van der Waals surface area contributed by atoms with Gasteiger partial charge in [0, 0.05) is 5.10 Å². The first-order valence-electron chi connectivity index (χ1n) is 4.72. The number of hydrazine groups is 1. The molecule has 0 unspecified atom stereocenters. The molecule has 0 atom stereocenters. The van der Waals surface area contributed by atoms with Crippen LogP contribution in [-0.4, -0.2) is 25.6 Å². The first kappa shape index (κ1) is 11.7. The lowest BCUT2D eigenvalue weighted by Crippen LogP contribution is -2.29. The number of hydrogen-bond donors (Lipinski definition) is 2. The molecule has 0 aliphatic heterocycles. The van der Waals surface area contributed by atoms with E-state index >= 15 is 0 Å². The van der Waals surface area contributed by atoms with Crippen LogP contribution >= 0.6 is 0 Å². The molecule has 0 spiro atoms. The van der Waals surface area contributed by atoms with Crippen LogP contribution in [0.5, 0.6) is 0 Å². The lowest BCUT2D eigenvalue weighted by Gasteiger charge is -1.92. The number of nitro groups is 1. The molecule has 10 heteroatoms. The lowest BCUT2D eigenvalue weighted by atomic mass is 10.3. The maximum Gasteiger partial charge on any atom is 0.490 e. The lowest BCUT2D eigenvalue weighted by molar-refractivity contribution is -0.394. The smallest absolute Gasteiger partial charge is 0.466 e. The average molecular weight is 252 g/mol. The molecular weight excluding hydrogens is 244 g/mol. The molecular formula is C8H8N6O4. The van der Waals surface area contributed by atoms with Crippen molar-refractivity contribution in [2.24, 2.45) is 5.84 Å². The molecule has 2 rings (SSSR count). The molecule has 0 radical (unpaired) electrons. The number of carbonyl (C=O) groups is 1. The van der Waals surface area contributed by atoms with E-state index in [0.29, 0.717) is 5.76 Å². The van der Waals surface area contributed by atoms with Gasteiger partial charge in [-0.25, -0.2) is 5.84 Å². The molecule has 0 saturated heterocycles. The van der Waals surface area contributed by atoms with Gasteiger partial charge in [-0.05, 0) is 11.0 Å². The van der Waals surface area contributed by atoms with Crippen molar-refractivity contribution in [3.05, 3.63) is 40.1 Å². The Morgan fingerprint density at radius 1 is 1.67 bits per heavy atom. The Morgan fingerprint density at radius 3 is 3.06 bits per heavy atom. The van der Waals surface area contributed by atoms with Crippen molar-refractivity contribution in [2.45, 2.75) is 6.54 Å². The molecule has 3 N–H and O–H groups in total. The fraction of sp³-hybridized carbons (Fsp3) is 0.125. The molecule has 18 heavy (non-hydrogen) atoms. The van der Waals surface area contributed by atoms with E-state index in [1.165, 1.54) is 23.3 Å². The third kappa shape index (κ3) is 2.32. The number of nitrogen functional groups attached to an aromatic ring is 1. The van der Waals surface area contributed by atoms with Crippen LogP contribution < -0.4 is 11.3 Å². The van der Waals surface area contributed by atoms with E-state index in [4.69, 9.17) is 10.3 Å². The van der Waals surface area contributed by atoms with E-state index in [1.54, 1.807) is 0 Å². The monoisotopic (exact) mass is 252 g/mol. The Bertz CT molecular complexity index is 588. The number of carbonyl (C=O) groups excluding carboxylic acids is 1. The topological polar surface area (TPSA) is 142 Å². The number of aromatic nitrogens is 3. The summed E-state index contributed by atoms with van der Waals surface area (Å²) in [5.41, 5.74) is 2.21. The second-order valence-electron chi connectivity index (χ2n) is 3.27. The SMILES string of the molecule is NNC(=O)c1coc(Cn2cnc([N+](=O)[O-])n2)c1. The van der Waals surface area contributed by atoms with Crippen LogP contribution in [0.2, 0.25) is 0 Å². The summed E-state index contributed by atoms with van der Waals surface area (Å²) in [4.78, 5) is 24.3. The van der Waals surface area contributed by atoms with Crippen LogP contribution in [0.1, 0.15) is 16.1 Å². The van der Waals surface area contributed by atoms with Crippen LogP contribution in [0.15, 0.2) is 23.1 Å². The van der Waals surface area contributed by atoms with Crippen molar-refractivity contribution in [1.82, 2.24) is 20.2 Å². The van der Waals surface area contributed by atoms with Crippen molar-refractivity contribution in [3.8, 4) is 0 Å². The van der Waals surface area contributed by atoms with Crippen LogP contribution in [0.25, 0.3) is 0 Å². The first-order chi connectivity index (χ1) is 8.60. The molecule has 0 aliphatic rings. The summed E-state index contributed by atoms with van der Waals surface area (Å²) in [5.74, 6) is 4.37. The van der Waals surface area contributed by atoms with Gasteiger partial charge in [0.25, 0.3) is 5.91 Å². The van der Waals surface area contributed by atoms with Gasteiger partial charge in [-0.15, -0.1) is 0 Å². The highest BCUT2D eigenvalue weighted by molar-refractivity contribution is 5.93. The van der Waals surface area contributed by atoms with Gasteiger partial charge in [-0.1, -0.05) is 4.98 Å².